The molecule has 196 valence electrons. The number of amides is 1. The summed E-state index contributed by atoms with van der Waals surface area (Å²) in [5, 5.41) is 9.76. The summed E-state index contributed by atoms with van der Waals surface area (Å²) >= 11 is 0. The van der Waals surface area contributed by atoms with Gasteiger partial charge < -0.3 is 19.1 Å². The number of carbonyl (C=O) groups is 2. The Morgan fingerprint density at radius 3 is 2.75 bits per heavy atom. The van der Waals surface area contributed by atoms with Gasteiger partial charge in [-0.15, -0.1) is 0 Å². The van der Waals surface area contributed by atoms with E-state index in [-0.39, 0.29) is 36.1 Å². The highest BCUT2D eigenvalue weighted by molar-refractivity contribution is 5.95. The smallest absolute Gasteiger partial charge is 0.414 e. The average Bonchev–Trinajstić information content (AvgIpc) is 3.29. The summed E-state index contributed by atoms with van der Waals surface area (Å²) in [4.78, 5) is 31.5. The summed E-state index contributed by atoms with van der Waals surface area (Å²) < 4.78 is 13.5. The van der Waals surface area contributed by atoms with Crippen molar-refractivity contribution in [3.63, 3.8) is 0 Å². The molecule has 5 rings (SSSR count). The number of carbonyl (C=O) groups excluding carboxylic acids is 1. The number of hydrogen-bond donors (Lipinski definition) is 1. The summed E-state index contributed by atoms with van der Waals surface area (Å²) in [5.41, 5.74) is 3.95. The summed E-state index contributed by atoms with van der Waals surface area (Å²) in [6.45, 7) is 5.10. The van der Waals surface area contributed by atoms with Crippen LogP contribution >= 0.6 is 0 Å². The first-order chi connectivity index (χ1) is 17.4. The molecule has 0 spiro atoms. The second kappa shape index (κ2) is 10.4. The van der Waals surface area contributed by atoms with Gasteiger partial charge in [-0.25, -0.2) is 9.78 Å². The Bertz CT molecular complexity index is 1120. The second-order valence-corrected chi connectivity index (χ2v) is 11.0. The number of aromatic nitrogens is 2. The van der Waals surface area contributed by atoms with Crippen molar-refractivity contribution < 1.29 is 24.2 Å². The number of aryl methyl sites for hydroxylation is 1. The van der Waals surface area contributed by atoms with Gasteiger partial charge in [0.25, 0.3) is 0 Å². The molecule has 1 aromatic carbocycles. The normalized spacial score (nSPS) is 27.5. The molecule has 4 unspecified atom stereocenters. The van der Waals surface area contributed by atoms with Crippen molar-refractivity contribution in [2.45, 2.75) is 102 Å². The number of ether oxygens (including phenoxy) is 2. The first-order valence-corrected chi connectivity index (χ1v) is 13.6. The van der Waals surface area contributed by atoms with Gasteiger partial charge in [-0.2, -0.15) is 0 Å². The molecule has 2 aliphatic heterocycles. The largest absolute Gasteiger partial charge is 0.481 e. The number of carboxylic acid groups (broad SMARTS) is 1. The molecule has 0 bridgehead atoms. The van der Waals surface area contributed by atoms with Gasteiger partial charge in [0.15, 0.2) is 0 Å². The SMILES string of the molecule is COC(=O)N1c2ccc3c(nc(C(C)CC4CCCCO4)n3C3CCCC(C(=O)O)C3)c2CC[C@@H]1C. The lowest BCUT2D eigenvalue weighted by atomic mass is 9.85. The molecule has 3 aliphatic rings. The summed E-state index contributed by atoms with van der Waals surface area (Å²) in [6.07, 6.45) is 9.13. The van der Waals surface area contributed by atoms with E-state index in [9.17, 15) is 14.7 Å². The number of imidazole rings is 1. The van der Waals surface area contributed by atoms with Crippen molar-refractivity contribution in [1.82, 2.24) is 9.55 Å². The third-order valence-electron chi connectivity index (χ3n) is 8.55. The van der Waals surface area contributed by atoms with E-state index in [1.54, 1.807) is 4.90 Å². The van der Waals surface area contributed by atoms with Gasteiger partial charge in [0.2, 0.25) is 0 Å². The third-order valence-corrected chi connectivity index (χ3v) is 8.55. The number of fused-ring (bicyclic) bond motifs is 3. The van der Waals surface area contributed by atoms with E-state index in [0.717, 1.165) is 86.1 Å². The van der Waals surface area contributed by atoms with Crippen molar-refractivity contribution in [2.24, 2.45) is 5.92 Å². The van der Waals surface area contributed by atoms with E-state index in [2.05, 4.69) is 24.5 Å². The first kappa shape index (κ1) is 25.1. The molecule has 1 saturated heterocycles. The first-order valence-electron chi connectivity index (χ1n) is 13.6. The van der Waals surface area contributed by atoms with Crippen LogP contribution in [-0.2, 0) is 20.7 Å². The fourth-order valence-electron chi connectivity index (χ4n) is 6.64. The number of hydrogen-bond acceptors (Lipinski definition) is 5. The lowest BCUT2D eigenvalue weighted by molar-refractivity contribution is -0.143. The summed E-state index contributed by atoms with van der Waals surface area (Å²) in [6, 6.07) is 4.26. The molecule has 1 aliphatic carbocycles. The maximum Gasteiger partial charge on any atom is 0.414 e. The highest BCUT2D eigenvalue weighted by atomic mass is 16.5. The molecule has 8 nitrogen and oxygen atoms in total. The van der Waals surface area contributed by atoms with Crippen LogP contribution in [0.5, 0.6) is 0 Å². The zero-order valence-electron chi connectivity index (χ0n) is 21.7. The Morgan fingerprint density at radius 2 is 2.03 bits per heavy atom. The molecule has 0 radical (unpaired) electrons. The molecule has 1 N–H and O–H groups in total. The number of carboxylic acids is 1. The number of anilines is 1. The molecule has 5 atom stereocenters. The molecule has 36 heavy (non-hydrogen) atoms. The topological polar surface area (TPSA) is 93.9 Å². The van der Waals surface area contributed by atoms with Crippen LogP contribution in [0.2, 0.25) is 0 Å². The second-order valence-electron chi connectivity index (χ2n) is 11.0. The minimum absolute atomic E-state index is 0.0565. The summed E-state index contributed by atoms with van der Waals surface area (Å²) in [5.74, 6) is 0.182. The van der Waals surface area contributed by atoms with E-state index in [1.165, 1.54) is 13.5 Å². The Morgan fingerprint density at radius 1 is 1.19 bits per heavy atom. The van der Waals surface area contributed by atoms with Crippen molar-refractivity contribution in [3.8, 4) is 0 Å². The minimum atomic E-state index is -0.700. The molecule has 2 aromatic rings. The molecule has 3 heterocycles. The molecule has 1 saturated carbocycles. The van der Waals surface area contributed by atoms with Crippen molar-refractivity contribution in [2.75, 3.05) is 18.6 Å². The monoisotopic (exact) mass is 497 g/mol. The van der Waals surface area contributed by atoms with Crippen molar-refractivity contribution >= 4 is 28.8 Å². The lowest BCUT2D eigenvalue weighted by Gasteiger charge is -2.34. The maximum absolute atomic E-state index is 12.6. The van der Waals surface area contributed by atoms with E-state index in [4.69, 9.17) is 14.5 Å². The number of rotatable bonds is 5. The highest BCUT2D eigenvalue weighted by Crippen LogP contribution is 2.42. The van der Waals surface area contributed by atoms with Crippen LogP contribution in [0.25, 0.3) is 11.0 Å². The summed E-state index contributed by atoms with van der Waals surface area (Å²) in [7, 11) is 1.42. The zero-order chi connectivity index (χ0) is 25.4. The minimum Gasteiger partial charge on any atom is -0.481 e. The van der Waals surface area contributed by atoms with E-state index in [1.807, 2.05) is 6.07 Å². The molecule has 2 fully saturated rings. The molecule has 1 aromatic heterocycles. The number of aliphatic carboxylic acids is 1. The van der Waals surface area contributed by atoms with E-state index >= 15 is 0 Å². The van der Waals surface area contributed by atoms with Gasteiger partial charge in [0, 0.05) is 30.2 Å². The predicted octanol–water partition coefficient (Wildman–Crippen LogP) is 5.82. The van der Waals surface area contributed by atoms with E-state index < -0.39 is 5.97 Å². The number of nitrogens with zero attached hydrogens (tertiary/aromatic N) is 3. The van der Waals surface area contributed by atoms with Gasteiger partial charge in [0.1, 0.15) is 5.82 Å². The highest BCUT2D eigenvalue weighted by Gasteiger charge is 2.35. The Labute approximate surface area is 213 Å². The Hall–Kier alpha value is -2.61. The molecular weight excluding hydrogens is 458 g/mol. The standard InChI is InChI=1S/C28H39N3O5/c1-17(15-21-9-4-5-14-36-21)26-29-25-22-11-10-18(2)30(28(34)35-3)23(22)12-13-24(25)31(26)20-8-6-7-19(16-20)27(32)33/h12-13,17-21H,4-11,14-16H2,1-3H3,(H,32,33)/t17?,18-,19?,20?,21?/m0/s1. The fourth-order valence-corrected chi connectivity index (χ4v) is 6.64. The van der Waals surface area contributed by atoms with Gasteiger partial charge in [-0.05, 0) is 76.8 Å². The van der Waals surface area contributed by atoms with Gasteiger partial charge >= 0.3 is 12.1 Å². The zero-order valence-corrected chi connectivity index (χ0v) is 21.7. The van der Waals surface area contributed by atoms with Crippen LogP contribution in [0, 0.1) is 5.92 Å². The number of methoxy groups -OCH3 is 1. The third kappa shape index (κ3) is 4.60. The van der Waals surface area contributed by atoms with Crippen LogP contribution in [0.15, 0.2) is 12.1 Å². The lowest BCUT2D eigenvalue weighted by Crippen LogP contribution is -2.42. The molecule has 8 heteroatoms. The van der Waals surface area contributed by atoms with Crippen molar-refractivity contribution in [3.05, 3.63) is 23.5 Å². The Kier molecular flexibility index (Phi) is 7.24. The van der Waals surface area contributed by atoms with E-state index in [0.29, 0.717) is 6.42 Å². The maximum atomic E-state index is 12.6. The molecular formula is C28H39N3O5. The average molecular weight is 498 g/mol. The van der Waals surface area contributed by atoms with Gasteiger partial charge in [-0.1, -0.05) is 13.3 Å². The quantitative estimate of drug-likeness (QED) is 0.559. The fraction of sp³-hybridized carbons (Fsp3) is 0.679. The Balaban J connectivity index is 1.60. The van der Waals surface area contributed by atoms with Gasteiger partial charge in [-0.3, -0.25) is 9.69 Å². The molecule has 1 amide bonds. The van der Waals surface area contributed by atoms with Gasteiger partial charge in [0.05, 0.1) is 35.9 Å². The predicted molar refractivity (Wildman–Crippen MR) is 138 cm³/mol. The van der Waals surface area contributed by atoms with Crippen LogP contribution in [0.4, 0.5) is 10.5 Å². The van der Waals surface area contributed by atoms with Crippen molar-refractivity contribution in [1.29, 1.82) is 0 Å². The van der Waals surface area contributed by atoms with Crippen LogP contribution in [0.3, 0.4) is 0 Å². The van der Waals surface area contributed by atoms with Crippen LogP contribution in [0.1, 0.15) is 95.0 Å². The van der Waals surface area contributed by atoms with Crippen LogP contribution < -0.4 is 4.90 Å². The van der Waals surface area contributed by atoms with Crippen LogP contribution in [-0.4, -0.2) is 52.6 Å². The number of benzene rings is 1.